The van der Waals surface area contributed by atoms with Gasteiger partial charge in [-0.15, -0.1) is 0 Å². The van der Waals surface area contributed by atoms with Gasteiger partial charge < -0.3 is 19.6 Å². The van der Waals surface area contributed by atoms with Crippen LogP contribution in [-0.2, 0) is 0 Å². The minimum Gasteiger partial charge on any atom is -0.497 e. The molecule has 1 aliphatic heterocycles. The summed E-state index contributed by atoms with van der Waals surface area (Å²) in [5.74, 6) is 0.0384. The van der Waals surface area contributed by atoms with Crippen molar-refractivity contribution >= 4 is 11.0 Å². The van der Waals surface area contributed by atoms with Gasteiger partial charge in [0.15, 0.2) is 5.75 Å². The lowest BCUT2D eigenvalue weighted by molar-refractivity contribution is 0.387. The number of ether oxygens (including phenoxy) is 2. The normalized spacial score (nSPS) is 15.1. The van der Waals surface area contributed by atoms with Gasteiger partial charge in [0.1, 0.15) is 29.3 Å². The second kappa shape index (κ2) is 7.56. The van der Waals surface area contributed by atoms with Crippen LogP contribution in [0.1, 0.15) is 17.0 Å². The Balaban J connectivity index is 1.70. The number of methoxy groups -OCH3 is 1. The molecular weight excluding hydrogens is 408 g/mol. The molecule has 0 radical (unpaired) electrons. The van der Waals surface area contributed by atoms with Gasteiger partial charge in [0.2, 0.25) is 5.88 Å². The summed E-state index contributed by atoms with van der Waals surface area (Å²) in [5, 5.41) is 10.3. The zero-order chi connectivity index (χ0) is 22.2. The van der Waals surface area contributed by atoms with Crippen molar-refractivity contribution in [1.82, 2.24) is 9.97 Å². The average molecular weight is 424 g/mol. The van der Waals surface area contributed by atoms with E-state index in [9.17, 15) is 10.1 Å². The minimum absolute atomic E-state index is 0.0479. The van der Waals surface area contributed by atoms with Gasteiger partial charge in [0.05, 0.1) is 24.0 Å². The third-order valence-electron chi connectivity index (χ3n) is 5.41. The van der Waals surface area contributed by atoms with Crippen LogP contribution in [0.5, 0.6) is 11.5 Å². The summed E-state index contributed by atoms with van der Waals surface area (Å²) in [7, 11) is 1.52. The molecule has 1 atom stereocenters. The van der Waals surface area contributed by atoms with Gasteiger partial charge in [0.25, 0.3) is 0 Å². The number of allylic oxidation sites excluding steroid dienone is 1. The topological polar surface area (TPSA) is 124 Å². The van der Waals surface area contributed by atoms with Gasteiger partial charge >= 0.3 is 5.63 Å². The smallest absolute Gasteiger partial charge is 0.344 e. The highest BCUT2D eigenvalue weighted by Crippen LogP contribution is 2.44. The van der Waals surface area contributed by atoms with E-state index in [0.29, 0.717) is 22.3 Å². The lowest BCUT2D eigenvalue weighted by Gasteiger charge is -2.26. The van der Waals surface area contributed by atoms with Crippen molar-refractivity contribution in [2.24, 2.45) is 5.73 Å². The number of nitriles is 1. The lowest BCUT2D eigenvalue weighted by Crippen LogP contribution is -2.26. The first-order valence-electron chi connectivity index (χ1n) is 9.68. The molecule has 0 bridgehead atoms. The van der Waals surface area contributed by atoms with Crippen molar-refractivity contribution in [2.45, 2.75) is 5.92 Å². The van der Waals surface area contributed by atoms with Crippen LogP contribution in [-0.4, -0.2) is 17.1 Å². The molecule has 0 saturated carbocycles. The molecule has 5 rings (SSSR count). The molecular formula is C24H16N4O4. The largest absolute Gasteiger partial charge is 0.497 e. The second-order valence-electron chi connectivity index (χ2n) is 7.17. The Hall–Kier alpha value is -4.64. The van der Waals surface area contributed by atoms with Gasteiger partial charge in [-0.25, -0.2) is 14.8 Å². The summed E-state index contributed by atoms with van der Waals surface area (Å²) < 4.78 is 16.5. The maximum atomic E-state index is 13.0. The minimum atomic E-state index is -0.729. The zero-order valence-corrected chi connectivity index (χ0v) is 16.9. The van der Waals surface area contributed by atoms with Crippen LogP contribution in [0.25, 0.3) is 22.1 Å². The maximum absolute atomic E-state index is 13.0. The average Bonchev–Trinajstić information content (AvgIpc) is 2.83. The van der Waals surface area contributed by atoms with E-state index in [-0.39, 0.29) is 22.8 Å². The predicted molar refractivity (Wildman–Crippen MR) is 116 cm³/mol. The third-order valence-corrected chi connectivity index (χ3v) is 5.41. The molecule has 3 heterocycles. The Morgan fingerprint density at radius 1 is 1.09 bits per heavy atom. The predicted octanol–water partition coefficient (Wildman–Crippen LogP) is 3.48. The monoisotopic (exact) mass is 424 g/mol. The van der Waals surface area contributed by atoms with E-state index < -0.39 is 11.5 Å². The molecule has 1 aliphatic rings. The highest BCUT2D eigenvalue weighted by Gasteiger charge is 2.35. The molecule has 4 aromatic rings. The first-order valence-corrected chi connectivity index (χ1v) is 9.68. The second-order valence-corrected chi connectivity index (χ2v) is 7.17. The van der Waals surface area contributed by atoms with Crippen molar-refractivity contribution in [1.29, 1.82) is 5.26 Å². The molecule has 0 aliphatic carbocycles. The molecule has 0 amide bonds. The number of hydrogen-bond donors (Lipinski definition) is 1. The van der Waals surface area contributed by atoms with Crippen molar-refractivity contribution in [3.8, 4) is 28.7 Å². The number of benzene rings is 2. The molecule has 156 valence electrons. The van der Waals surface area contributed by atoms with E-state index in [1.807, 2.05) is 24.3 Å². The van der Waals surface area contributed by atoms with Gasteiger partial charge in [-0.3, -0.25) is 0 Å². The summed E-state index contributed by atoms with van der Waals surface area (Å²) >= 11 is 0. The van der Waals surface area contributed by atoms with E-state index in [4.69, 9.17) is 19.6 Å². The van der Waals surface area contributed by atoms with Gasteiger partial charge in [-0.2, -0.15) is 5.26 Å². The molecule has 8 heteroatoms. The first-order chi connectivity index (χ1) is 15.6. The summed E-state index contributed by atoms with van der Waals surface area (Å²) in [6, 6.07) is 14.6. The Labute approximate surface area is 182 Å². The van der Waals surface area contributed by atoms with E-state index in [2.05, 4.69) is 16.0 Å². The number of rotatable bonds is 3. The van der Waals surface area contributed by atoms with Crippen molar-refractivity contribution in [2.75, 3.05) is 7.11 Å². The molecule has 1 unspecified atom stereocenters. The quantitative estimate of drug-likeness (QED) is 0.496. The molecule has 0 fully saturated rings. The molecule has 8 nitrogen and oxygen atoms in total. The van der Waals surface area contributed by atoms with E-state index in [1.54, 1.807) is 30.6 Å². The van der Waals surface area contributed by atoms with Gasteiger partial charge in [-0.1, -0.05) is 24.3 Å². The molecule has 0 saturated heterocycles. The fraction of sp³-hybridized carbons (Fsp3) is 0.0833. The Morgan fingerprint density at radius 2 is 1.84 bits per heavy atom. The summed E-state index contributed by atoms with van der Waals surface area (Å²) in [6.07, 6.45) is 4.88. The summed E-state index contributed by atoms with van der Waals surface area (Å²) in [6.45, 7) is 0. The maximum Gasteiger partial charge on any atom is 0.344 e. The van der Waals surface area contributed by atoms with Crippen molar-refractivity contribution < 1.29 is 13.9 Å². The van der Waals surface area contributed by atoms with E-state index in [0.717, 1.165) is 11.1 Å². The van der Waals surface area contributed by atoms with E-state index in [1.165, 1.54) is 13.4 Å². The highest BCUT2D eigenvalue weighted by atomic mass is 16.5. The van der Waals surface area contributed by atoms with E-state index >= 15 is 0 Å². The molecule has 2 N–H and O–H groups in total. The number of fused-ring (bicyclic) bond motifs is 3. The highest BCUT2D eigenvalue weighted by molar-refractivity contribution is 5.87. The van der Waals surface area contributed by atoms with Crippen LogP contribution in [0, 0.1) is 11.3 Å². The molecule has 2 aromatic carbocycles. The fourth-order valence-corrected chi connectivity index (χ4v) is 3.87. The first kappa shape index (κ1) is 19.3. The lowest BCUT2D eigenvalue weighted by atomic mass is 9.83. The van der Waals surface area contributed by atoms with Crippen LogP contribution >= 0.6 is 0 Å². The Kier molecular flexibility index (Phi) is 4.57. The zero-order valence-electron chi connectivity index (χ0n) is 16.9. The number of aromatic nitrogens is 2. The number of nitrogens with zero attached hydrogens (tertiary/aromatic N) is 3. The molecule has 0 spiro atoms. The van der Waals surface area contributed by atoms with Crippen LogP contribution in [0.3, 0.4) is 0 Å². The van der Waals surface area contributed by atoms with Crippen molar-refractivity contribution in [3.63, 3.8) is 0 Å². The third kappa shape index (κ3) is 3.04. The van der Waals surface area contributed by atoms with Gasteiger partial charge in [-0.05, 0) is 23.3 Å². The standard InChI is InChI=1S/C24H16N4O4/c1-30-16-6-7-17-19(8-16)31-24(29)21-20(18(9-25)23(26)32-22(17)21)14-4-2-13(3-5-14)15-10-27-12-28-11-15/h2-8,10-12,20H,26H2,1H3. The Morgan fingerprint density at radius 3 is 2.53 bits per heavy atom. The summed E-state index contributed by atoms with van der Waals surface area (Å²) in [5.41, 5.74) is 8.63. The summed E-state index contributed by atoms with van der Waals surface area (Å²) in [4.78, 5) is 21.1. The van der Waals surface area contributed by atoms with Crippen LogP contribution in [0.2, 0.25) is 0 Å². The number of nitrogens with two attached hydrogens (primary N) is 1. The van der Waals surface area contributed by atoms with Crippen LogP contribution < -0.4 is 20.8 Å². The molecule has 32 heavy (non-hydrogen) atoms. The SMILES string of the molecule is COc1ccc2c3c(c(=O)oc2c1)C(c1ccc(-c2cncnc2)cc1)C(C#N)=C(N)O3. The Bertz CT molecular complexity index is 1470. The van der Waals surface area contributed by atoms with Crippen molar-refractivity contribution in [3.05, 3.63) is 94.2 Å². The van der Waals surface area contributed by atoms with Crippen LogP contribution in [0.15, 0.2) is 81.9 Å². The fourth-order valence-electron chi connectivity index (χ4n) is 3.87. The number of hydrogen-bond acceptors (Lipinski definition) is 8. The van der Waals surface area contributed by atoms with Crippen LogP contribution in [0.4, 0.5) is 0 Å². The molecule has 2 aromatic heterocycles. The van der Waals surface area contributed by atoms with Gasteiger partial charge in [0, 0.05) is 24.0 Å².